The van der Waals surface area contributed by atoms with Crippen LogP contribution in [0.25, 0.3) is 22.0 Å². The lowest BCUT2D eigenvalue weighted by atomic mass is 10.0. The van der Waals surface area contributed by atoms with Crippen LogP contribution in [0.15, 0.2) is 59.6 Å². The van der Waals surface area contributed by atoms with Gasteiger partial charge in [0.2, 0.25) is 5.91 Å². The van der Waals surface area contributed by atoms with Gasteiger partial charge >= 0.3 is 0 Å². The summed E-state index contributed by atoms with van der Waals surface area (Å²) >= 11 is 11.8. The number of hydrogen-bond acceptors (Lipinski definition) is 5. The molecular formula is C22H14Cl2F2N4O3S. The molecule has 4 aromatic rings. The van der Waals surface area contributed by atoms with Crippen molar-refractivity contribution in [3.8, 4) is 11.1 Å². The molecule has 0 bridgehead atoms. The normalized spacial score (nSPS) is 11.5. The molecule has 1 aromatic heterocycles. The van der Waals surface area contributed by atoms with Crippen LogP contribution in [-0.2, 0) is 21.2 Å². The fourth-order valence-corrected chi connectivity index (χ4v) is 5.07. The van der Waals surface area contributed by atoms with E-state index in [-0.39, 0.29) is 32.7 Å². The molecule has 0 aliphatic rings. The Morgan fingerprint density at radius 2 is 1.82 bits per heavy atom. The molecule has 0 unspecified atom stereocenters. The Morgan fingerprint density at radius 3 is 2.56 bits per heavy atom. The molecule has 0 radical (unpaired) electrons. The molecule has 4 rings (SSSR count). The molecule has 7 nitrogen and oxygen atoms in total. The zero-order chi connectivity index (χ0) is 24.6. The zero-order valence-electron chi connectivity index (χ0n) is 17.0. The number of nitrogens with zero attached hydrogens (tertiary/aromatic N) is 2. The van der Waals surface area contributed by atoms with E-state index in [2.05, 4.69) is 14.7 Å². The number of aromatic nitrogens is 2. The maximum atomic E-state index is 15.3. The first kappa shape index (κ1) is 23.8. The summed E-state index contributed by atoms with van der Waals surface area (Å²) < 4.78 is 57.6. The third kappa shape index (κ3) is 4.79. The second-order valence-electron chi connectivity index (χ2n) is 7.17. The molecule has 0 saturated heterocycles. The molecule has 0 fully saturated rings. The lowest BCUT2D eigenvalue weighted by Gasteiger charge is -2.14. The summed E-state index contributed by atoms with van der Waals surface area (Å²) in [6.07, 6.45) is 1.24. The molecule has 12 heteroatoms. The average molecular weight is 523 g/mol. The van der Waals surface area contributed by atoms with Crippen molar-refractivity contribution in [2.45, 2.75) is 11.3 Å². The molecular weight excluding hydrogens is 509 g/mol. The summed E-state index contributed by atoms with van der Waals surface area (Å²) in [5.41, 5.74) is 4.76. The summed E-state index contributed by atoms with van der Waals surface area (Å²) in [5, 5.41) is 0.438. The first-order chi connectivity index (χ1) is 16.0. The Bertz CT molecular complexity index is 1570. The maximum Gasteiger partial charge on any atom is 0.263 e. The number of fused-ring (bicyclic) bond motifs is 1. The number of hydrogen-bond donors (Lipinski definition) is 2. The fraction of sp³-hybridized carbons (Fsp3) is 0.0455. The van der Waals surface area contributed by atoms with Crippen LogP contribution in [0.3, 0.4) is 0 Å². The molecule has 0 spiro atoms. The minimum absolute atomic E-state index is 0.113. The Hall–Kier alpha value is -3.34. The Labute approximate surface area is 202 Å². The van der Waals surface area contributed by atoms with Crippen LogP contribution in [0, 0.1) is 11.6 Å². The molecule has 34 heavy (non-hydrogen) atoms. The minimum Gasteiger partial charge on any atom is -0.369 e. The second kappa shape index (κ2) is 9.13. The molecule has 0 aliphatic carbocycles. The highest BCUT2D eigenvalue weighted by Gasteiger charge is 2.23. The van der Waals surface area contributed by atoms with E-state index < -0.39 is 38.8 Å². The van der Waals surface area contributed by atoms with E-state index in [4.69, 9.17) is 28.9 Å². The van der Waals surface area contributed by atoms with Crippen molar-refractivity contribution in [3.05, 3.63) is 82.2 Å². The largest absolute Gasteiger partial charge is 0.369 e. The van der Waals surface area contributed by atoms with Gasteiger partial charge in [-0.05, 0) is 48.0 Å². The van der Waals surface area contributed by atoms with Gasteiger partial charge in [-0.2, -0.15) is 0 Å². The SMILES string of the molecule is NC(=O)Cc1ncc2cc(-c3c(F)ccc(NS(=O)(=O)c4cc(Cl)ccc4Cl)c3F)ccc2n1. The van der Waals surface area contributed by atoms with E-state index in [1.54, 1.807) is 0 Å². The fourth-order valence-electron chi connectivity index (χ4n) is 3.25. The van der Waals surface area contributed by atoms with Crippen LogP contribution in [-0.4, -0.2) is 24.3 Å². The Kier molecular flexibility index (Phi) is 6.39. The van der Waals surface area contributed by atoms with Gasteiger partial charge in [-0.25, -0.2) is 27.2 Å². The third-order valence-corrected chi connectivity index (χ3v) is 6.85. The summed E-state index contributed by atoms with van der Waals surface area (Å²) in [7, 11) is -4.34. The highest BCUT2D eigenvalue weighted by Crippen LogP contribution is 2.34. The van der Waals surface area contributed by atoms with Gasteiger partial charge in [0.05, 0.1) is 28.2 Å². The van der Waals surface area contributed by atoms with Gasteiger partial charge in [0.15, 0.2) is 5.82 Å². The predicted octanol–water partition coefficient (Wildman–Crippen LogP) is 4.71. The van der Waals surface area contributed by atoms with E-state index in [0.29, 0.717) is 10.9 Å². The van der Waals surface area contributed by atoms with Gasteiger partial charge in [0, 0.05) is 16.6 Å². The van der Waals surface area contributed by atoms with Crippen molar-refractivity contribution in [1.29, 1.82) is 0 Å². The number of benzene rings is 3. The van der Waals surface area contributed by atoms with Crippen LogP contribution < -0.4 is 10.5 Å². The monoisotopic (exact) mass is 522 g/mol. The highest BCUT2D eigenvalue weighted by atomic mass is 35.5. The first-order valence-corrected chi connectivity index (χ1v) is 11.8. The number of amides is 1. The number of nitrogens with two attached hydrogens (primary N) is 1. The number of halogens is 4. The first-order valence-electron chi connectivity index (χ1n) is 9.55. The minimum atomic E-state index is -4.34. The molecule has 0 aliphatic heterocycles. The number of carbonyl (C=O) groups excluding carboxylic acids is 1. The van der Waals surface area contributed by atoms with Crippen LogP contribution >= 0.6 is 23.2 Å². The highest BCUT2D eigenvalue weighted by molar-refractivity contribution is 7.92. The van der Waals surface area contributed by atoms with Gasteiger partial charge in [-0.15, -0.1) is 0 Å². The second-order valence-corrected chi connectivity index (χ2v) is 9.66. The summed E-state index contributed by atoms with van der Waals surface area (Å²) in [6, 6.07) is 10.1. The van der Waals surface area contributed by atoms with Crippen LogP contribution in [0.4, 0.5) is 14.5 Å². The number of rotatable bonds is 6. The van der Waals surface area contributed by atoms with Gasteiger partial charge in [0.25, 0.3) is 10.0 Å². The van der Waals surface area contributed by atoms with Crippen molar-refractivity contribution in [2.75, 3.05) is 4.72 Å². The topological polar surface area (TPSA) is 115 Å². The quantitative estimate of drug-likeness (QED) is 0.380. The van der Waals surface area contributed by atoms with E-state index in [9.17, 15) is 17.6 Å². The molecule has 3 N–H and O–H groups in total. The molecule has 1 amide bonds. The molecule has 174 valence electrons. The number of nitrogens with one attached hydrogen (secondary N) is 1. The summed E-state index contributed by atoms with van der Waals surface area (Å²) in [5.74, 6) is -2.43. The van der Waals surface area contributed by atoms with Crippen molar-refractivity contribution in [1.82, 2.24) is 9.97 Å². The van der Waals surface area contributed by atoms with E-state index >= 15 is 4.39 Å². The van der Waals surface area contributed by atoms with Crippen LogP contribution in [0.1, 0.15) is 5.82 Å². The molecule has 1 heterocycles. The predicted molar refractivity (Wildman–Crippen MR) is 125 cm³/mol. The number of anilines is 1. The van der Waals surface area contributed by atoms with E-state index in [1.807, 2.05) is 0 Å². The average Bonchev–Trinajstić information content (AvgIpc) is 2.77. The molecule has 3 aromatic carbocycles. The van der Waals surface area contributed by atoms with Gasteiger partial charge < -0.3 is 5.73 Å². The summed E-state index contributed by atoms with van der Waals surface area (Å²) in [6.45, 7) is 0. The van der Waals surface area contributed by atoms with E-state index in [0.717, 1.165) is 18.2 Å². The smallest absolute Gasteiger partial charge is 0.263 e. The van der Waals surface area contributed by atoms with Crippen LogP contribution in [0.2, 0.25) is 10.0 Å². The Balaban J connectivity index is 1.75. The van der Waals surface area contributed by atoms with Gasteiger partial charge in [0.1, 0.15) is 16.5 Å². The molecule has 0 saturated carbocycles. The number of carbonyl (C=O) groups is 1. The van der Waals surface area contributed by atoms with Gasteiger partial charge in [-0.3, -0.25) is 9.52 Å². The van der Waals surface area contributed by atoms with Crippen molar-refractivity contribution in [3.63, 3.8) is 0 Å². The van der Waals surface area contributed by atoms with Crippen molar-refractivity contribution >= 4 is 55.7 Å². The number of sulfonamides is 1. The maximum absolute atomic E-state index is 15.3. The lowest BCUT2D eigenvalue weighted by Crippen LogP contribution is -2.15. The summed E-state index contributed by atoms with van der Waals surface area (Å²) in [4.78, 5) is 18.9. The van der Waals surface area contributed by atoms with Crippen molar-refractivity contribution < 1.29 is 22.0 Å². The Morgan fingerprint density at radius 1 is 1.06 bits per heavy atom. The van der Waals surface area contributed by atoms with Gasteiger partial charge in [-0.1, -0.05) is 29.3 Å². The standard InChI is InChI=1S/C22H14Cl2F2N4O3S/c23-13-2-3-14(24)18(8-13)34(32,33)30-17-6-4-15(25)21(22(17)26)11-1-5-16-12(7-11)10-28-20(29-16)9-19(27)31/h1-8,10,30H,9H2,(H2,27,31). The third-order valence-electron chi connectivity index (χ3n) is 4.77. The zero-order valence-corrected chi connectivity index (χ0v) is 19.3. The number of primary amides is 1. The van der Waals surface area contributed by atoms with E-state index in [1.165, 1.54) is 36.5 Å². The van der Waals surface area contributed by atoms with Crippen molar-refractivity contribution in [2.24, 2.45) is 5.73 Å². The molecule has 0 atom stereocenters. The lowest BCUT2D eigenvalue weighted by molar-refractivity contribution is -0.117. The van der Waals surface area contributed by atoms with Crippen LogP contribution in [0.5, 0.6) is 0 Å².